The molecular weight excluding hydrogens is 330 g/mol. The van der Waals surface area contributed by atoms with Gasteiger partial charge in [0.05, 0.1) is 16.3 Å². The average Bonchev–Trinajstić information content (AvgIpc) is 3.02. The van der Waals surface area contributed by atoms with Gasteiger partial charge >= 0.3 is 0 Å². The Morgan fingerprint density at radius 3 is 2.52 bits per heavy atom. The van der Waals surface area contributed by atoms with Gasteiger partial charge in [-0.25, -0.2) is 4.98 Å². The minimum atomic E-state index is -0.657. The van der Waals surface area contributed by atoms with Crippen molar-refractivity contribution < 1.29 is 0 Å². The van der Waals surface area contributed by atoms with E-state index in [1.165, 1.54) is 37.7 Å². The number of hydrogen-bond donors (Lipinski definition) is 3. The number of thiazole rings is 1. The first-order valence-corrected chi connectivity index (χ1v) is 9.75. The van der Waals surface area contributed by atoms with Crippen LogP contribution in [0.25, 0.3) is 10.6 Å². The van der Waals surface area contributed by atoms with E-state index in [2.05, 4.69) is 34.8 Å². The molecule has 1 saturated carbocycles. The molecule has 25 heavy (non-hydrogen) atoms. The molecule has 3 rings (SSSR count). The number of nitrogens with one attached hydrogen (secondary N) is 1. The molecule has 1 aromatic heterocycles. The zero-order valence-electron chi connectivity index (χ0n) is 15.0. The fourth-order valence-electron chi connectivity index (χ4n) is 3.41. The molecule has 1 aliphatic carbocycles. The van der Waals surface area contributed by atoms with Gasteiger partial charge in [-0.1, -0.05) is 43.5 Å². The predicted molar refractivity (Wildman–Crippen MR) is 106 cm³/mol. The molecule has 1 aliphatic rings. The van der Waals surface area contributed by atoms with Gasteiger partial charge in [0, 0.05) is 5.56 Å². The van der Waals surface area contributed by atoms with E-state index in [0.29, 0.717) is 0 Å². The van der Waals surface area contributed by atoms with Crippen molar-refractivity contribution in [1.82, 2.24) is 10.4 Å². The quantitative estimate of drug-likeness (QED) is 0.432. The number of rotatable bonds is 5. The van der Waals surface area contributed by atoms with Crippen LogP contribution in [-0.4, -0.2) is 17.0 Å². The van der Waals surface area contributed by atoms with Crippen LogP contribution >= 0.6 is 11.3 Å². The van der Waals surface area contributed by atoms with Crippen LogP contribution in [-0.2, 0) is 0 Å². The monoisotopic (exact) mass is 357 g/mol. The number of nitrogens with zero attached hydrogens (tertiary/aromatic N) is 2. The summed E-state index contributed by atoms with van der Waals surface area (Å²) < 4.78 is 0. The summed E-state index contributed by atoms with van der Waals surface area (Å²) in [6.45, 7) is 3.94. The van der Waals surface area contributed by atoms with Crippen LogP contribution in [0.2, 0.25) is 0 Å². The van der Waals surface area contributed by atoms with E-state index < -0.39 is 6.29 Å². The highest BCUT2D eigenvalue weighted by Crippen LogP contribution is 2.34. The zero-order valence-corrected chi connectivity index (χ0v) is 15.8. The number of hydrazone groups is 1. The standard InChI is InChI=1S/C19H27N5S/c1-12-17(13(2)23-24-19(20)21)25-18(22-12)16-10-8-15(9-11-16)14-6-4-3-5-7-14/h8-11,14,19,24H,3-7,20-21H2,1-2H3/b23-13+. The van der Waals surface area contributed by atoms with Gasteiger partial charge in [-0.15, -0.1) is 11.3 Å². The highest BCUT2D eigenvalue weighted by atomic mass is 32.1. The van der Waals surface area contributed by atoms with Gasteiger partial charge in [0.1, 0.15) is 11.3 Å². The van der Waals surface area contributed by atoms with Gasteiger partial charge < -0.3 is 0 Å². The molecule has 0 unspecified atom stereocenters. The Bertz CT molecular complexity index is 727. The van der Waals surface area contributed by atoms with Crippen LogP contribution in [0.3, 0.4) is 0 Å². The van der Waals surface area contributed by atoms with E-state index >= 15 is 0 Å². The highest BCUT2D eigenvalue weighted by Gasteiger charge is 2.16. The van der Waals surface area contributed by atoms with Crippen molar-refractivity contribution in [3.63, 3.8) is 0 Å². The van der Waals surface area contributed by atoms with Crippen LogP contribution in [0.15, 0.2) is 29.4 Å². The Kier molecular flexibility index (Phi) is 5.83. The topological polar surface area (TPSA) is 89.3 Å². The van der Waals surface area contributed by atoms with Gasteiger partial charge in [0.2, 0.25) is 0 Å². The molecule has 0 bridgehead atoms. The second-order valence-corrected chi connectivity index (χ2v) is 7.74. The smallest absolute Gasteiger partial charge is 0.142 e. The van der Waals surface area contributed by atoms with E-state index in [1.807, 2.05) is 13.8 Å². The minimum Gasteiger partial charge on any atom is -0.298 e. The molecule has 5 N–H and O–H groups in total. The zero-order chi connectivity index (χ0) is 17.8. The lowest BCUT2D eigenvalue weighted by atomic mass is 9.84. The van der Waals surface area contributed by atoms with Crippen LogP contribution in [0.4, 0.5) is 0 Å². The van der Waals surface area contributed by atoms with E-state index in [4.69, 9.17) is 16.5 Å². The van der Waals surface area contributed by atoms with E-state index in [1.54, 1.807) is 11.3 Å². The lowest BCUT2D eigenvalue weighted by molar-refractivity contribution is 0.443. The SMILES string of the molecule is C/C(=N\NC(N)N)c1sc(-c2ccc(C3CCCCC3)cc2)nc1C. The van der Waals surface area contributed by atoms with Gasteiger partial charge in [-0.2, -0.15) is 5.10 Å². The average molecular weight is 358 g/mol. The summed E-state index contributed by atoms with van der Waals surface area (Å²) in [6, 6.07) is 8.95. The van der Waals surface area contributed by atoms with Crippen molar-refractivity contribution in [1.29, 1.82) is 0 Å². The summed E-state index contributed by atoms with van der Waals surface area (Å²) in [7, 11) is 0. The molecule has 134 valence electrons. The van der Waals surface area contributed by atoms with Crippen molar-refractivity contribution in [3.8, 4) is 10.6 Å². The fourth-order valence-corrected chi connectivity index (χ4v) is 4.43. The summed E-state index contributed by atoms with van der Waals surface area (Å²) in [5, 5.41) is 5.25. The second-order valence-electron chi connectivity index (χ2n) is 6.74. The number of nitrogens with two attached hydrogens (primary N) is 2. The van der Waals surface area contributed by atoms with E-state index in [-0.39, 0.29) is 0 Å². The van der Waals surface area contributed by atoms with Crippen LogP contribution < -0.4 is 16.9 Å². The summed E-state index contributed by atoms with van der Waals surface area (Å²) in [6.07, 6.45) is 6.11. The third kappa shape index (κ3) is 4.45. The Balaban J connectivity index is 1.78. The van der Waals surface area contributed by atoms with Crippen molar-refractivity contribution in [2.75, 3.05) is 0 Å². The molecule has 0 saturated heterocycles. The maximum atomic E-state index is 5.48. The van der Waals surface area contributed by atoms with Gasteiger partial charge in [-0.3, -0.25) is 16.9 Å². The Hall–Kier alpha value is -1.76. The Morgan fingerprint density at radius 2 is 1.88 bits per heavy atom. The van der Waals surface area contributed by atoms with Crippen molar-refractivity contribution in [2.45, 2.75) is 58.2 Å². The lowest BCUT2D eigenvalue weighted by Crippen LogP contribution is -2.42. The molecule has 0 radical (unpaired) electrons. The fraction of sp³-hybridized carbons (Fsp3) is 0.474. The third-order valence-corrected chi connectivity index (χ3v) is 6.06. The summed E-state index contributed by atoms with van der Waals surface area (Å²) in [5.41, 5.74) is 18.1. The maximum absolute atomic E-state index is 5.48. The molecule has 0 atom stereocenters. The third-order valence-electron chi connectivity index (χ3n) is 4.74. The van der Waals surface area contributed by atoms with Gasteiger partial charge in [0.25, 0.3) is 0 Å². The van der Waals surface area contributed by atoms with Crippen molar-refractivity contribution >= 4 is 17.0 Å². The first-order chi connectivity index (χ1) is 12.0. The summed E-state index contributed by atoms with van der Waals surface area (Å²) in [4.78, 5) is 5.77. The largest absolute Gasteiger partial charge is 0.298 e. The molecule has 1 aromatic carbocycles. The van der Waals surface area contributed by atoms with Crippen LogP contribution in [0, 0.1) is 6.92 Å². The Morgan fingerprint density at radius 1 is 1.20 bits per heavy atom. The minimum absolute atomic E-state index is 0.657. The van der Waals surface area contributed by atoms with Gasteiger partial charge in [-0.05, 0) is 38.2 Å². The molecule has 0 aliphatic heterocycles. The molecular formula is C19H27N5S. The van der Waals surface area contributed by atoms with Crippen LogP contribution in [0.5, 0.6) is 0 Å². The molecule has 0 amide bonds. The number of aromatic nitrogens is 1. The van der Waals surface area contributed by atoms with E-state index in [9.17, 15) is 0 Å². The molecule has 6 heteroatoms. The van der Waals surface area contributed by atoms with E-state index in [0.717, 1.165) is 32.8 Å². The molecule has 0 spiro atoms. The first-order valence-electron chi connectivity index (χ1n) is 8.93. The molecule has 1 fully saturated rings. The maximum Gasteiger partial charge on any atom is 0.142 e. The predicted octanol–water partition coefficient (Wildman–Crippen LogP) is 3.68. The van der Waals surface area contributed by atoms with Crippen molar-refractivity contribution in [2.24, 2.45) is 16.6 Å². The number of benzene rings is 1. The highest BCUT2D eigenvalue weighted by molar-refractivity contribution is 7.17. The summed E-state index contributed by atoms with van der Waals surface area (Å²) in [5.74, 6) is 0.734. The first kappa shape index (κ1) is 18.0. The lowest BCUT2D eigenvalue weighted by Gasteiger charge is -2.21. The molecule has 1 heterocycles. The Labute approximate surface area is 153 Å². The molecule has 5 nitrogen and oxygen atoms in total. The number of aryl methyl sites for hydroxylation is 1. The molecule has 2 aromatic rings. The van der Waals surface area contributed by atoms with Crippen LogP contribution in [0.1, 0.15) is 61.1 Å². The summed E-state index contributed by atoms with van der Waals surface area (Å²) >= 11 is 1.65. The number of hydrogen-bond acceptors (Lipinski definition) is 6. The normalized spacial score (nSPS) is 16.4. The van der Waals surface area contributed by atoms with Gasteiger partial charge in [0.15, 0.2) is 0 Å². The van der Waals surface area contributed by atoms with Crippen molar-refractivity contribution in [3.05, 3.63) is 40.4 Å². The second kappa shape index (κ2) is 8.08.